The van der Waals surface area contributed by atoms with Crippen LogP contribution < -0.4 is 5.73 Å². The maximum Gasteiger partial charge on any atom is 0.0828 e. The van der Waals surface area contributed by atoms with E-state index in [1.54, 1.807) is 17.5 Å². The lowest BCUT2D eigenvalue weighted by Crippen LogP contribution is -2.15. The summed E-state index contributed by atoms with van der Waals surface area (Å²) in [5.74, 6) is 0. The van der Waals surface area contributed by atoms with Crippen LogP contribution in [0.3, 0.4) is 0 Å². The molecule has 1 unspecified atom stereocenters. The van der Waals surface area contributed by atoms with Gasteiger partial charge in [0.15, 0.2) is 0 Å². The summed E-state index contributed by atoms with van der Waals surface area (Å²) < 4.78 is 4.04. The molecule has 92 valence electrons. The summed E-state index contributed by atoms with van der Waals surface area (Å²) in [6.45, 7) is 0. The van der Waals surface area contributed by atoms with Crippen LogP contribution in [-0.4, -0.2) is 9.78 Å². The van der Waals surface area contributed by atoms with Gasteiger partial charge in [0.05, 0.1) is 22.4 Å². The minimum absolute atomic E-state index is 0.149. The molecule has 0 saturated heterocycles. The fourth-order valence-electron chi connectivity index (χ4n) is 2.06. The molecule has 0 saturated carbocycles. The Bertz CT molecular complexity index is 649. The summed E-state index contributed by atoms with van der Waals surface area (Å²) in [4.78, 5) is 1.15. The van der Waals surface area contributed by atoms with Crippen molar-refractivity contribution in [2.45, 2.75) is 6.04 Å². The van der Waals surface area contributed by atoms with E-state index in [9.17, 15) is 0 Å². The minimum Gasteiger partial charge on any atom is -0.318 e. The summed E-state index contributed by atoms with van der Waals surface area (Å²) in [6, 6.07) is 10.3. The van der Waals surface area contributed by atoms with Crippen LogP contribution in [0.1, 0.15) is 16.6 Å². The smallest absolute Gasteiger partial charge is 0.0828 e. The highest BCUT2D eigenvalue weighted by Gasteiger charge is 2.18. The second kappa shape index (κ2) is 4.50. The van der Waals surface area contributed by atoms with Crippen LogP contribution >= 0.6 is 27.3 Å². The fraction of sp³-hybridized carbons (Fsp3) is 0.154. The van der Waals surface area contributed by atoms with E-state index in [1.165, 1.54) is 10.1 Å². The van der Waals surface area contributed by atoms with Gasteiger partial charge in [-0.1, -0.05) is 18.2 Å². The number of nitrogens with two attached hydrogens (primary N) is 1. The second-order valence-corrected chi connectivity index (χ2v) is 6.14. The van der Waals surface area contributed by atoms with E-state index in [0.29, 0.717) is 0 Å². The molecule has 0 aliphatic rings. The number of nitrogens with zero attached hydrogens (tertiary/aromatic N) is 2. The molecule has 2 heterocycles. The zero-order chi connectivity index (χ0) is 12.7. The standard InChI is InChI=1S/C13H12BrN3S/c1-17-13(9(14)7-16-17)12(15)11-6-8-4-2-3-5-10(8)18-11/h2-7,12H,15H2,1H3. The molecular formula is C13H12BrN3S. The minimum atomic E-state index is -0.149. The molecule has 0 amide bonds. The summed E-state index contributed by atoms with van der Waals surface area (Å²) in [5, 5.41) is 5.45. The Morgan fingerprint density at radius 1 is 1.39 bits per heavy atom. The van der Waals surface area contributed by atoms with E-state index in [-0.39, 0.29) is 6.04 Å². The third-order valence-corrected chi connectivity index (χ3v) is 4.79. The first-order chi connectivity index (χ1) is 8.66. The summed E-state index contributed by atoms with van der Waals surface area (Å²) in [6.07, 6.45) is 1.78. The number of benzene rings is 1. The van der Waals surface area contributed by atoms with Crippen LogP contribution in [0, 0.1) is 0 Å². The summed E-state index contributed by atoms with van der Waals surface area (Å²) in [7, 11) is 1.91. The van der Waals surface area contributed by atoms with Gasteiger partial charge in [0.2, 0.25) is 0 Å². The highest BCUT2D eigenvalue weighted by atomic mass is 79.9. The van der Waals surface area contributed by atoms with Crippen LogP contribution in [-0.2, 0) is 7.05 Å². The average molecular weight is 322 g/mol. The Balaban J connectivity index is 2.09. The third kappa shape index (κ3) is 1.88. The summed E-state index contributed by atoms with van der Waals surface area (Å²) in [5.41, 5.74) is 7.35. The van der Waals surface area contributed by atoms with Crippen LogP contribution in [0.5, 0.6) is 0 Å². The van der Waals surface area contributed by atoms with Crippen molar-refractivity contribution in [2.75, 3.05) is 0 Å². The fourth-order valence-corrected chi connectivity index (χ4v) is 3.73. The van der Waals surface area contributed by atoms with E-state index in [4.69, 9.17) is 5.73 Å². The monoisotopic (exact) mass is 321 g/mol. The van der Waals surface area contributed by atoms with Gasteiger partial charge in [0.25, 0.3) is 0 Å². The lowest BCUT2D eigenvalue weighted by Gasteiger charge is -2.10. The molecule has 0 radical (unpaired) electrons. The maximum atomic E-state index is 6.35. The van der Waals surface area contributed by atoms with Gasteiger partial charge < -0.3 is 5.73 Å². The Kier molecular flexibility index (Phi) is 2.97. The first-order valence-electron chi connectivity index (χ1n) is 5.58. The topological polar surface area (TPSA) is 43.8 Å². The van der Waals surface area contributed by atoms with Crippen molar-refractivity contribution in [1.82, 2.24) is 9.78 Å². The van der Waals surface area contributed by atoms with Crippen LogP contribution in [0.4, 0.5) is 0 Å². The van der Waals surface area contributed by atoms with Gasteiger partial charge in [-0.05, 0) is 33.4 Å². The van der Waals surface area contributed by atoms with Gasteiger partial charge in [-0.15, -0.1) is 11.3 Å². The second-order valence-electron chi connectivity index (χ2n) is 4.17. The Hall–Kier alpha value is -1.17. The number of aromatic nitrogens is 2. The van der Waals surface area contributed by atoms with E-state index >= 15 is 0 Å². The molecule has 0 aliphatic carbocycles. The molecule has 0 spiro atoms. The van der Waals surface area contributed by atoms with Crippen LogP contribution in [0.2, 0.25) is 0 Å². The lowest BCUT2D eigenvalue weighted by atomic mass is 10.1. The molecular weight excluding hydrogens is 310 g/mol. The average Bonchev–Trinajstić information content (AvgIpc) is 2.92. The Morgan fingerprint density at radius 2 is 2.17 bits per heavy atom. The normalized spacial score (nSPS) is 13.1. The first-order valence-corrected chi connectivity index (χ1v) is 7.19. The van der Waals surface area contributed by atoms with Gasteiger partial charge in [0, 0.05) is 16.6 Å². The van der Waals surface area contributed by atoms with E-state index < -0.39 is 0 Å². The van der Waals surface area contributed by atoms with Crippen molar-refractivity contribution >= 4 is 37.4 Å². The van der Waals surface area contributed by atoms with E-state index in [0.717, 1.165) is 15.0 Å². The van der Waals surface area contributed by atoms with Crippen LogP contribution in [0.25, 0.3) is 10.1 Å². The van der Waals surface area contributed by atoms with Gasteiger partial charge in [-0.3, -0.25) is 4.68 Å². The number of rotatable bonds is 2. The molecule has 1 atom stereocenters. The first kappa shape index (κ1) is 11.9. The zero-order valence-corrected chi connectivity index (χ0v) is 12.2. The number of thiophene rings is 1. The van der Waals surface area contributed by atoms with Crippen molar-refractivity contribution in [3.05, 3.63) is 51.6 Å². The van der Waals surface area contributed by atoms with Crippen molar-refractivity contribution in [3.8, 4) is 0 Å². The number of aryl methyl sites for hydroxylation is 1. The SMILES string of the molecule is Cn1ncc(Br)c1C(N)c1cc2ccccc2s1. The number of hydrogen-bond donors (Lipinski definition) is 1. The molecule has 0 fully saturated rings. The number of fused-ring (bicyclic) bond motifs is 1. The van der Waals surface area contributed by atoms with E-state index in [1.807, 2.05) is 23.9 Å². The molecule has 0 bridgehead atoms. The molecule has 3 aromatic rings. The van der Waals surface area contributed by atoms with Gasteiger partial charge in [-0.2, -0.15) is 5.10 Å². The highest BCUT2D eigenvalue weighted by Crippen LogP contribution is 2.33. The van der Waals surface area contributed by atoms with Crippen LogP contribution in [0.15, 0.2) is 41.0 Å². The maximum absolute atomic E-state index is 6.35. The van der Waals surface area contributed by atoms with Gasteiger partial charge in [-0.25, -0.2) is 0 Å². The quantitative estimate of drug-likeness (QED) is 0.785. The van der Waals surface area contributed by atoms with Crippen molar-refractivity contribution in [3.63, 3.8) is 0 Å². The lowest BCUT2D eigenvalue weighted by molar-refractivity contribution is 0.676. The Labute approximate surface area is 117 Å². The molecule has 3 nitrogen and oxygen atoms in total. The van der Waals surface area contributed by atoms with Gasteiger partial charge in [0.1, 0.15) is 0 Å². The highest BCUT2D eigenvalue weighted by molar-refractivity contribution is 9.10. The molecule has 2 N–H and O–H groups in total. The molecule has 0 aliphatic heterocycles. The van der Waals surface area contributed by atoms with E-state index in [2.05, 4.69) is 39.2 Å². The predicted octanol–water partition coefficient (Wildman–Crippen LogP) is 3.45. The van der Waals surface area contributed by atoms with Crippen molar-refractivity contribution < 1.29 is 0 Å². The Morgan fingerprint density at radius 3 is 2.83 bits per heavy atom. The molecule has 18 heavy (non-hydrogen) atoms. The molecule has 2 aromatic heterocycles. The zero-order valence-electron chi connectivity index (χ0n) is 9.80. The van der Waals surface area contributed by atoms with Crippen molar-refractivity contribution in [1.29, 1.82) is 0 Å². The number of hydrogen-bond acceptors (Lipinski definition) is 3. The predicted molar refractivity (Wildman–Crippen MR) is 78.8 cm³/mol. The third-order valence-electron chi connectivity index (χ3n) is 2.98. The van der Waals surface area contributed by atoms with Crippen molar-refractivity contribution in [2.24, 2.45) is 12.8 Å². The molecule has 3 rings (SSSR count). The molecule has 1 aromatic carbocycles. The summed E-state index contributed by atoms with van der Waals surface area (Å²) >= 11 is 5.23. The largest absolute Gasteiger partial charge is 0.318 e. The van der Waals surface area contributed by atoms with Gasteiger partial charge >= 0.3 is 0 Å². The molecule has 5 heteroatoms. The number of halogens is 1.